The zero-order valence-electron chi connectivity index (χ0n) is 8.46. The molecule has 0 aliphatic rings. The molecule has 0 aromatic heterocycles. The molecule has 0 aliphatic heterocycles. The molecule has 0 fully saturated rings. The molecule has 0 aliphatic carbocycles. The molecule has 1 aromatic rings. The average Bonchev–Trinajstić information content (AvgIpc) is 2.14. The Hall–Kier alpha value is -1.29. The van der Waals surface area contributed by atoms with Crippen LogP contribution in [0.5, 0.6) is 5.75 Å². The fraction of sp³-hybridized carbons (Fsp3) is 0.400. The van der Waals surface area contributed by atoms with Gasteiger partial charge >= 0.3 is 0 Å². The quantitative estimate of drug-likeness (QED) is 0.790. The molecule has 0 atom stereocenters. The first-order valence-electron chi connectivity index (χ1n) is 4.45. The lowest BCUT2D eigenvalue weighted by Gasteiger charge is -2.14. The van der Waals surface area contributed by atoms with Gasteiger partial charge in [-0.2, -0.15) is 0 Å². The van der Waals surface area contributed by atoms with E-state index in [-0.39, 0.29) is 5.82 Å². The number of rotatable bonds is 4. The molecule has 2 N–H and O–H groups in total. The van der Waals surface area contributed by atoms with Crippen LogP contribution in [0.3, 0.4) is 0 Å². The molecule has 78 valence electrons. The molecule has 3 nitrogen and oxygen atoms in total. The average molecular weight is 198 g/mol. The van der Waals surface area contributed by atoms with Gasteiger partial charge in [-0.25, -0.2) is 4.39 Å². The second kappa shape index (κ2) is 4.81. The summed E-state index contributed by atoms with van der Waals surface area (Å²) in [5, 5.41) is 0. The molecule has 0 bridgehead atoms. The molecule has 0 saturated carbocycles. The lowest BCUT2D eigenvalue weighted by atomic mass is 10.3. The maximum atomic E-state index is 13.4. The third-order valence-corrected chi connectivity index (χ3v) is 1.79. The molecule has 0 saturated heterocycles. The standard InChI is InChI=1S/C10H15FN2O/c1-13(2)10-4-3-8(7-9(10)11)14-6-5-12/h3-4,7H,5-6,12H2,1-2H3. The highest BCUT2D eigenvalue weighted by molar-refractivity contribution is 5.49. The van der Waals surface area contributed by atoms with Gasteiger partial charge in [-0.3, -0.25) is 0 Å². The van der Waals surface area contributed by atoms with Crippen molar-refractivity contribution in [2.75, 3.05) is 32.1 Å². The van der Waals surface area contributed by atoms with E-state index in [1.54, 1.807) is 31.1 Å². The van der Waals surface area contributed by atoms with Crippen LogP contribution in [-0.2, 0) is 0 Å². The van der Waals surface area contributed by atoms with Gasteiger partial charge in [0.2, 0.25) is 0 Å². The van der Waals surface area contributed by atoms with Crippen molar-refractivity contribution in [1.29, 1.82) is 0 Å². The highest BCUT2D eigenvalue weighted by Gasteiger charge is 2.05. The highest BCUT2D eigenvalue weighted by atomic mass is 19.1. The topological polar surface area (TPSA) is 38.5 Å². The Bertz CT molecular complexity index is 302. The zero-order valence-corrected chi connectivity index (χ0v) is 8.46. The van der Waals surface area contributed by atoms with Crippen molar-refractivity contribution >= 4 is 5.69 Å². The predicted molar refractivity (Wildman–Crippen MR) is 55.3 cm³/mol. The summed E-state index contributed by atoms with van der Waals surface area (Å²) in [5.41, 5.74) is 5.81. The Balaban J connectivity index is 2.78. The van der Waals surface area contributed by atoms with Crippen molar-refractivity contribution in [2.24, 2.45) is 5.73 Å². The Labute approximate surface area is 83.3 Å². The van der Waals surface area contributed by atoms with Gasteiger partial charge in [0.15, 0.2) is 0 Å². The number of ether oxygens (including phenoxy) is 1. The zero-order chi connectivity index (χ0) is 10.6. The first-order chi connectivity index (χ1) is 6.65. The monoisotopic (exact) mass is 198 g/mol. The van der Waals surface area contributed by atoms with Crippen LogP contribution in [0.2, 0.25) is 0 Å². The van der Waals surface area contributed by atoms with Crippen molar-refractivity contribution < 1.29 is 9.13 Å². The molecule has 4 heteroatoms. The highest BCUT2D eigenvalue weighted by Crippen LogP contribution is 2.22. The van der Waals surface area contributed by atoms with Gasteiger partial charge in [0, 0.05) is 26.7 Å². The van der Waals surface area contributed by atoms with Crippen LogP contribution < -0.4 is 15.4 Å². The van der Waals surface area contributed by atoms with E-state index in [0.717, 1.165) is 0 Å². The summed E-state index contributed by atoms with van der Waals surface area (Å²) in [6.07, 6.45) is 0. The SMILES string of the molecule is CN(C)c1ccc(OCCN)cc1F. The van der Waals surface area contributed by atoms with E-state index >= 15 is 0 Å². The van der Waals surface area contributed by atoms with Gasteiger partial charge in [-0.15, -0.1) is 0 Å². The number of benzene rings is 1. The number of nitrogens with two attached hydrogens (primary N) is 1. The van der Waals surface area contributed by atoms with Gasteiger partial charge in [0.25, 0.3) is 0 Å². The lowest BCUT2D eigenvalue weighted by Crippen LogP contribution is -2.12. The third kappa shape index (κ3) is 2.60. The summed E-state index contributed by atoms with van der Waals surface area (Å²) in [4.78, 5) is 1.71. The number of anilines is 1. The summed E-state index contributed by atoms with van der Waals surface area (Å²) in [6, 6.07) is 4.78. The van der Waals surface area contributed by atoms with E-state index in [0.29, 0.717) is 24.6 Å². The Morgan fingerprint density at radius 1 is 1.43 bits per heavy atom. The minimum Gasteiger partial charge on any atom is -0.492 e. The van der Waals surface area contributed by atoms with E-state index in [1.807, 2.05) is 0 Å². The summed E-state index contributed by atoms with van der Waals surface area (Å²) < 4.78 is 18.6. The lowest BCUT2D eigenvalue weighted by molar-refractivity contribution is 0.326. The first-order valence-corrected chi connectivity index (χ1v) is 4.45. The molecule has 1 aromatic carbocycles. The fourth-order valence-electron chi connectivity index (χ4n) is 1.12. The van der Waals surface area contributed by atoms with Crippen molar-refractivity contribution in [3.8, 4) is 5.75 Å². The van der Waals surface area contributed by atoms with Crippen LogP contribution in [0, 0.1) is 5.82 Å². The minimum atomic E-state index is -0.287. The maximum absolute atomic E-state index is 13.4. The predicted octanol–water partition coefficient (Wildman–Crippen LogP) is 1.23. The van der Waals surface area contributed by atoms with Gasteiger partial charge in [0.1, 0.15) is 18.2 Å². The van der Waals surface area contributed by atoms with Crippen LogP contribution in [0.1, 0.15) is 0 Å². The van der Waals surface area contributed by atoms with Gasteiger partial charge in [-0.1, -0.05) is 0 Å². The second-order valence-electron chi connectivity index (χ2n) is 3.14. The Morgan fingerprint density at radius 3 is 2.64 bits per heavy atom. The summed E-state index contributed by atoms with van der Waals surface area (Å²) >= 11 is 0. The Morgan fingerprint density at radius 2 is 2.14 bits per heavy atom. The van der Waals surface area contributed by atoms with Crippen LogP contribution in [0.15, 0.2) is 18.2 Å². The normalized spacial score (nSPS) is 10.0. The van der Waals surface area contributed by atoms with Crippen molar-refractivity contribution in [2.45, 2.75) is 0 Å². The van der Waals surface area contributed by atoms with E-state index < -0.39 is 0 Å². The smallest absolute Gasteiger partial charge is 0.150 e. The summed E-state index contributed by atoms with van der Waals surface area (Å²) in [5.74, 6) is 0.225. The van der Waals surface area contributed by atoms with Gasteiger partial charge in [-0.05, 0) is 12.1 Å². The van der Waals surface area contributed by atoms with Crippen molar-refractivity contribution in [3.05, 3.63) is 24.0 Å². The second-order valence-corrected chi connectivity index (χ2v) is 3.14. The molecule has 0 heterocycles. The van der Waals surface area contributed by atoms with E-state index in [2.05, 4.69) is 0 Å². The van der Waals surface area contributed by atoms with Crippen LogP contribution in [-0.4, -0.2) is 27.2 Å². The molecule has 0 radical (unpaired) electrons. The van der Waals surface area contributed by atoms with Gasteiger partial charge < -0.3 is 15.4 Å². The molecule has 1 rings (SSSR count). The Kier molecular flexibility index (Phi) is 3.71. The van der Waals surface area contributed by atoms with E-state index in [9.17, 15) is 4.39 Å². The summed E-state index contributed by atoms with van der Waals surface area (Å²) in [7, 11) is 3.58. The van der Waals surface area contributed by atoms with Crippen molar-refractivity contribution in [1.82, 2.24) is 0 Å². The van der Waals surface area contributed by atoms with Crippen LogP contribution >= 0.6 is 0 Å². The number of hydrogen-bond acceptors (Lipinski definition) is 3. The molecule has 0 spiro atoms. The van der Waals surface area contributed by atoms with Crippen LogP contribution in [0.25, 0.3) is 0 Å². The third-order valence-electron chi connectivity index (χ3n) is 1.79. The largest absolute Gasteiger partial charge is 0.492 e. The van der Waals surface area contributed by atoms with E-state index in [4.69, 9.17) is 10.5 Å². The molecule has 14 heavy (non-hydrogen) atoms. The number of halogens is 1. The van der Waals surface area contributed by atoms with Crippen molar-refractivity contribution in [3.63, 3.8) is 0 Å². The van der Waals surface area contributed by atoms with E-state index in [1.165, 1.54) is 6.07 Å². The minimum absolute atomic E-state index is 0.287. The molecule has 0 amide bonds. The fourth-order valence-corrected chi connectivity index (χ4v) is 1.12. The van der Waals surface area contributed by atoms with Gasteiger partial charge in [0.05, 0.1) is 5.69 Å². The number of nitrogens with zero attached hydrogens (tertiary/aromatic N) is 1. The molecular formula is C10H15FN2O. The molecular weight excluding hydrogens is 183 g/mol. The molecule has 0 unspecified atom stereocenters. The maximum Gasteiger partial charge on any atom is 0.150 e. The van der Waals surface area contributed by atoms with Crippen LogP contribution in [0.4, 0.5) is 10.1 Å². The number of hydrogen-bond donors (Lipinski definition) is 1. The summed E-state index contributed by atoms with van der Waals surface area (Å²) in [6.45, 7) is 0.831. The first kappa shape index (κ1) is 10.8.